The summed E-state index contributed by atoms with van der Waals surface area (Å²) in [5.41, 5.74) is -1.41. The molecule has 1 unspecified atom stereocenters. The monoisotopic (exact) mass is 513 g/mol. The Balaban J connectivity index is 1.62. The maximum absolute atomic E-state index is 13.6. The molecule has 0 heterocycles. The predicted octanol–water partition coefficient (Wildman–Crippen LogP) is 5.28. The molecule has 2 aliphatic rings. The van der Waals surface area contributed by atoms with Crippen molar-refractivity contribution >= 4 is 33.0 Å². The Bertz CT molecular complexity index is 1230. The Morgan fingerprint density at radius 1 is 1.15 bits per heavy atom. The van der Waals surface area contributed by atoms with E-state index in [-0.39, 0.29) is 33.0 Å². The summed E-state index contributed by atoms with van der Waals surface area (Å²) in [6.07, 6.45) is 4.00. The van der Waals surface area contributed by atoms with Crippen LogP contribution in [0.1, 0.15) is 42.5 Å². The number of hydrogen-bond acceptors (Lipinski definition) is 4. The Labute approximate surface area is 200 Å². The molecule has 0 saturated heterocycles. The molecule has 0 aliphatic heterocycles. The molecule has 2 aliphatic carbocycles. The van der Waals surface area contributed by atoms with E-state index in [2.05, 4.69) is 11.9 Å². The number of halogens is 4. The summed E-state index contributed by atoms with van der Waals surface area (Å²) in [5.74, 6) is -5.97. The molecule has 0 spiro atoms. The average molecular weight is 514 g/mol. The molecule has 5 nitrogen and oxygen atoms in total. The van der Waals surface area contributed by atoms with Crippen LogP contribution in [0.2, 0.25) is 5.02 Å². The first-order valence-corrected chi connectivity index (χ1v) is 12.7. The Hall–Kier alpha value is -2.36. The Kier molecular flexibility index (Phi) is 6.56. The Morgan fingerprint density at radius 3 is 2.29 bits per heavy atom. The quantitative estimate of drug-likeness (QED) is 0.406. The van der Waals surface area contributed by atoms with Crippen LogP contribution in [0.25, 0.3) is 0 Å². The first-order chi connectivity index (χ1) is 15.9. The van der Waals surface area contributed by atoms with Gasteiger partial charge in [-0.3, -0.25) is 4.79 Å². The lowest BCUT2D eigenvalue weighted by Gasteiger charge is -2.40. The molecule has 2 aromatic carbocycles. The number of amides is 1. The predicted molar refractivity (Wildman–Crippen MR) is 122 cm³/mol. The van der Waals surface area contributed by atoms with Gasteiger partial charge in [-0.1, -0.05) is 17.7 Å². The van der Waals surface area contributed by atoms with Crippen LogP contribution < -0.4 is 5.32 Å². The van der Waals surface area contributed by atoms with Gasteiger partial charge >= 0.3 is 0 Å². The average Bonchev–Trinajstić information content (AvgIpc) is 3.05. The van der Waals surface area contributed by atoms with E-state index in [1.807, 2.05) is 0 Å². The summed E-state index contributed by atoms with van der Waals surface area (Å²) in [4.78, 5) is 12.4. The highest BCUT2D eigenvalue weighted by Gasteiger charge is 2.53. The number of benzene rings is 2. The lowest BCUT2D eigenvalue weighted by molar-refractivity contribution is -0.0161. The van der Waals surface area contributed by atoms with Crippen molar-refractivity contribution in [1.82, 2.24) is 0 Å². The summed E-state index contributed by atoms with van der Waals surface area (Å²) in [7, 11) is -3.96. The van der Waals surface area contributed by atoms with Gasteiger partial charge in [0.2, 0.25) is 0 Å². The molecular weight excluding hydrogens is 491 g/mol. The van der Waals surface area contributed by atoms with E-state index >= 15 is 0 Å². The minimum atomic E-state index is -3.96. The van der Waals surface area contributed by atoms with Crippen LogP contribution in [-0.2, 0) is 9.84 Å². The molecule has 34 heavy (non-hydrogen) atoms. The van der Waals surface area contributed by atoms with Crippen molar-refractivity contribution in [2.75, 3.05) is 5.32 Å². The number of aliphatic hydroxyl groups is 1. The van der Waals surface area contributed by atoms with E-state index < -0.39 is 44.0 Å². The Morgan fingerprint density at radius 2 is 1.74 bits per heavy atom. The third-order valence-electron chi connectivity index (χ3n) is 6.75. The van der Waals surface area contributed by atoms with Gasteiger partial charge in [-0.25, -0.2) is 21.6 Å². The smallest absolute Gasteiger partial charge is 0.255 e. The van der Waals surface area contributed by atoms with E-state index in [4.69, 9.17) is 11.6 Å². The molecule has 2 fully saturated rings. The first-order valence-electron chi connectivity index (χ1n) is 10.8. The van der Waals surface area contributed by atoms with E-state index in [0.717, 1.165) is 6.07 Å². The van der Waals surface area contributed by atoms with E-state index in [1.165, 1.54) is 12.1 Å². The number of fused-ring (bicyclic) bond motifs is 2. The van der Waals surface area contributed by atoms with Crippen LogP contribution in [0.15, 0.2) is 47.9 Å². The van der Waals surface area contributed by atoms with Crippen molar-refractivity contribution in [3.8, 4) is 0 Å². The number of sulfone groups is 1. The van der Waals surface area contributed by atoms with Gasteiger partial charge < -0.3 is 10.4 Å². The fourth-order valence-corrected chi connectivity index (χ4v) is 8.26. The molecule has 2 bridgehead atoms. The third kappa shape index (κ3) is 4.48. The van der Waals surface area contributed by atoms with Crippen molar-refractivity contribution < 1.29 is 31.5 Å². The molecule has 4 atom stereocenters. The molecule has 0 radical (unpaired) electrons. The fraction of sp³-hybridized carbons (Fsp3) is 0.375. The fourth-order valence-electron chi connectivity index (χ4n) is 5.42. The molecule has 2 saturated carbocycles. The van der Waals surface area contributed by atoms with Gasteiger partial charge in [0.15, 0.2) is 27.3 Å². The van der Waals surface area contributed by atoms with Gasteiger partial charge in [0, 0.05) is 23.4 Å². The standard InChI is InChI=1S/C24H23ClF3NO4S/c1-2-7-24(31)11-14-3-4-15(12-24)22(14)34(32,33)20-8-13(5-6-17(20)25)23(30)29-16-9-18(26)21(28)19(27)10-16/h2,5-6,8-10,14-15,22,31H,1,3-4,7,11-12H2,(H,29,30)/t14-,15?,22+,24-/m0/s1. The lowest BCUT2D eigenvalue weighted by Crippen LogP contribution is -2.45. The molecule has 0 aromatic heterocycles. The van der Waals surface area contributed by atoms with Crippen LogP contribution >= 0.6 is 11.6 Å². The summed E-state index contributed by atoms with van der Waals surface area (Å²) in [5, 5.41) is 12.3. The summed E-state index contributed by atoms with van der Waals surface area (Å²) in [6, 6.07) is 4.93. The minimum absolute atomic E-state index is 0.0539. The zero-order valence-corrected chi connectivity index (χ0v) is 19.6. The zero-order valence-electron chi connectivity index (χ0n) is 18.0. The third-order valence-corrected chi connectivity index (χ3v) is 9.62. The van der Waals surface area contributed by atoms with E-state index in [9.17, 15) is 31.5 Å². The molecule has 4 rings (SSSR count). The van der Waals surface area contributed by atoms with Crippen molar-refractivity contribution in [1.29, 1.82) is 0 Å². The second-order valence-electron chi connectivity index (χ2n) is 9.09. The van der Waals surface area contributed by atoms with E-state index in [1.54, 1.807) is 6.08 Å². The molecule has 10 heteroatoms. The number of hydrogen-bond donors (Lipinski definition) is 2. The van der Waals surface area contributed by atoms with Crippen molar-refractivity contribution in [3.63, 3.8) is 0 Å². The van der Waals surface area contributed by atoms with Gasteiger partial charge in [-0.05, 0) is 62.1 Å². The number of nitrogens with one attached hydrogen (secondary N) is 1. The zero-order chi connectivity index (χ0) is 24.8. The highest BCUT2D eigenvalue weighted by Crippen LogP contribution is 2.52. The van der Waals surface area contributed by atoms with Gasteiger partial charge in [0.05, 0.1) is 20.8 Å². The normalized spacial score (nSPS) is 26.3. The maximum atomic E-state index is 13.6. The number of carbonyl (C=O) groups excluding carboxylic acids is 1. The second-order valence-corrected chi connectivity index (χ2v) is 11.6. The number of rotatable bonds is 6. The highest BCUT2D eigenvalue weighted by molar-refractivity contribution is 7.92. The molecule has 2 aromatic rings. The van der Waals surface area contributed by atoms with Gasteiger partial charge in [-0.2, -0.15) is 0 Å². The molecule has 2 N–H and O–H groups in total. The summed E-state index contributed by atoms with van der Waals surface area (Å²) < 4.78 is 67.4. The number of carbonyl (C=O) groups is 1. The van der Waals surface area contributed by atoms with Crippen LogP contribution in [0.3, 0.4) is 0 Å². The first kappa shape index (κ1) is 24.8. The lowest BCUT2D eigenvalue weighted by atomic mass is 9.75. The van der Waals surface area contributed by atoms with Crippen molar-refractivity contribution in [2.24, 2.45) is 11.8 Å². The van der Waals surface area contributed by atoms with Crippen LogP contribution in [0.5, 0.6) is 0 Å². The number of anilines is 1. The maximum Gasteiger partial charge on any atom is 0.255 e. The van der Waals surface area contributed by atoms with Crippen LogP contribution in [0.4, 0.5) is 18.9 Å². The largest absolute Gasteiger partial charge is 0.390 e. The van der Waals surface area contributed by atoms with Gasteiger partial charge in [0.25, 0.3) is 5.91 Å². The van der Waals surface area contributed by atoms with Gasteiger partial charge in [-0.15, -0.1) is 6.58 Å². The van der Waals surface area contributed by atoms with Crippen molar-refractivity contribution in [3.05, 3.63) is 71.0 Å². The molecular formula is C24H23ClF3NO4S. The second kappa shape index (κ2) is 9.02. The minimum Gasteiger partial charge on any atom is -0.390 e. The molecule has 182 valence electrons. The van der Waals surface area contributed by atoms with Crippen LogP contribution in [0, 0.1) is 29.3 Å². The van der Waals surface area contributed by atoms with Crippen molar-refractivity contribution in [2.45, 2.75) is 47.9 Å². The van der Waals surface area contributed by atoms with E-state index in [0.29, 0.717) is 44.2 Å². The topological polar surface area (TPSA) is 83.5 Å². The summed E-state index contributed by atoms with van der Waals surface area (Å²) >= 11 is 6.23. The van der Waals surface area contributed by atoms with Crippen LogP contribution in [-0.4, -0.2) is 30.3 Å². The highest BCUT2D eigenvalue weighted by atomic mass is 35.5. The SMILES string of the molecule is C=CC[C@@]1(O)CC2CC[C@@H](C1)[C@H]2S(=O)(=O)c1cc(C(=O)Nc2cc(F)c(F)c(F)c2)ccc1Cl. The molecule has 1 amide bonds. The summed E-state index contributed by atoms with van der Waals surface area (Å²) in [6.45, 7) is 3.67. The van der Waals surface area contributed by atoms with Gasteiger partial charge in [0.1, 0.15) is 0 Å².